The Labute approximate surface area is 166 Å². The van der Waals surface area contributed by atoms with Gasteiger partial charge in [0, 0.05) is 30.4 Å². The molecule has 0 unspecified atom stereocenters. The number of carbonyl (C=O) groups is 2. The zero-order chi connectivity index (χ0) is 17.8. The van der Waals surface area contributed by atoms with Gasteiger partial charge in [0.1, 0.15) is 17.0 Å². The number of aromatic nitrogens is 4. The minimum atomic E-state index is -1.21. The second-order valence-electron chi connectivity index (χ2n) is 5.10. The predicted octanol–water partition coefficient (Wildman–Crippen LogP) is 2.56. The monoisotopic (exact) mass is 411 g/mol. The van der Waals surface area contributed by atoms with Crippen molar-refractivity contribution >= 4 is 36.7 Å². The molecular weight excluding hydrogens is 397 g/mol. The van der Waals surface area contributed by atoms with Gasteiger partial charge in [0.2, 0.25) is 0 Å². The van der Waals surface area contributed by atoms with Crippen LogP contribution in [0, 0.1) is 0 Å². The number of hydrogen-bond acceptors (Lipinski definition) is 7. The summed E-state index contributed by atoms with van der Waals surface area (Å²) in [6.45, 7) is 1.59. The summed E-state index contributed by atoms with van der Waals surface area (Å²) >= 11 is 0. The van der Waals surface area contributed by atoms with Crippen molar-refractivity contribution in [2.45, 2.75) is 13.0 Å². The molecule has 0 saturated carbocycles. The topological polar surface area (TPSA) is 131 Å². The Bertz CT molecular complexity index is 906. The predicted molar refractivity (Wildman–Crippen MR) is 99.1 cm³/mol. The molecule has 1 amide bonds. The van der Waals surface area contributed by atoms with Crippen molar-refractivity contribution < 1.29 is 19.2 Å². The van der Waals surface area contributed by atoms with Gasteiger partial charge in [-0.15, -0.1) is 24.8 Å². The van der Waals surface area contributed by atoms with Crippen LogP contribution in [-0.2, 0) is 0 Å². The molecule has 0 aliphatic heterocycles. The van der Waals surface area contributed by atoms with E-state index in [1.807, 2.05) is 0 Å². The Morgan fingerprint density at radius 3 is 2.48 bits per heavy atom. The highest BCUT2D eigenvalue weighted by Gasteiger charge is 2.28. The van der Waals surface area contributed by atoms with Crippen molar-refractivity contribution in [3.05, 3.63) is 60.1 Å². The minimum Gasteiger partial charge on any atom is -0.477 e. The molecule has 142 valence electrons. The molecule has 0 aliphatic rings. The average Bonchev–Trinajstić information content (AvgIpc) is 3.08. The number of carboxylic acids is 1. The number of rotatable bonds is 5. The molecule has 9 nitrogen and oxygen atoms in total. The number of carbonyl (C=O) groups excluding carboxylic acids is 1. The number of aromatic carboxylic acids is 1. The van der Waals surface area contributed by atoms with E-state index in [0.29, 0.717) is 5.56 Å². The van der Waals surface area contributed by atoms with Gasteiger partial charge < -0.3 is 14.9 Å². The van der Waals surface area contributed by atoms with Crippen LogP contribution in [0.4, 0.5) is 0 Å². The molecule has 0 radical (unpaired) electrons. The maximum atomic E-state index is 12.2. The molecule has 3 heterocycles. The Balaban J connectivity index is 0.00000182. The maximum absolute atomic E-state index is 12.2. The van der Waals surface area contributed by atoms with Gasteiger partial charge in [-0.2, -0.15) is 0 Å². The summed E-state index contributed by atoms with van der Waals surface area (Å²) in [7, 11) is 0. The Morgan fingerprint density at radius 2 is 1.89 bits per heavy atom. The largest absolute Gasteiger partial charge is 0.477 e. The Hall–Kier alpha value is -3.04. The number of amides is 1. The molecule has 2 N–H and O–H groups in total. The molecule has 3 aromatic rings. The first kappa shape index (κ1) is 22.0. The van der Waals surface area contributed by atoms with Crippen molar-refractivity contribution in [3.63, 3.8) is 0 Å². The van der Waals surface area contributed by atoms with Crippen molar-refractivity contribution in [2.24, 2.45) is 0 Å². The third-order valence-corrected chi connectivity index (χ3v) is 3.40. The third kappa shape index (κ3) is 4.78. The number of nitrogens with zero attached hydrogens (tertiary/aromatic N) is 4. The second-order valence-corrected chi connectivity index (χ2v) is 5.10. The van der Waals surface area contributed by atoms with Crippen LogP contribution in [0.1, 0.15) is 39.6 Å². The van der Waals surface area contributed by atoms with Crippen LogP contribution in [-0.4, -0.2) is 37.1 Å². The van der Waals surface area contributed by atoms with Crippen LogP contribution in [0.25, 0.3) is 11.3 Å². The molecule has 0 bridgehead atoms. The average molecular weight is 412 g/mol. The van der Waals surface area contributed by atoms with E-state index in [-0.39, 0.29) is 47.5 Å². The lowest BCUT2D eigenvalue weighted by atomic mass is 10.0. The minimum absolute atomic E-state index is 0. The number of pyridine rings is 1. The molecule has 1 atom stereocenters. The zero-order valence-corrected chi connectivity index (χ0v) is 15.5. The van der Waals surface area contributed by atoms with E-state index in [9.17, 15) is 14.7 Å². The van der Waals surface area contributed by atoms with E-state index in [1.54, 1.807) is 25.3 Å². The van der Waals surface area contributed by atoms with Crippen molar-refractivity contribution in [2.75, 3.05) is 0 Å². The fourth-order valence-electron chi connectivity index (χ4n) is 2.26. The molecule has 0 aliphatic carbocycles. The first-order valence-electron chi connectivity index (χ1n) is 7.28. The fraction of sp³-hybridized carbons (Fsp3) is 0.125. The van der Waals surface area contributed by atoms with Crippen molar-refractivity contribution in [3.8, 4) is 11.3 Å². The van der Waals surface area contributed by atoms with Gasteiger partial charge >= 0.3 is 5.97 Å². The molecule has 3 rings (SSSR count). The smallest absolute Gasteiger partial charge is 0.341 e. The van der Waals surface area contributed by atoms with E-state index < -0.39 is 17.9 Å². The van der Waals surface area contributed by atoms with E-state index >= 15 is 0 Å². The van der Waals surface area contributed by atoms with Crippen LogP contribution >= 0.6 is 24.8 Å². The van der Waals surface area contributed by atoms with E-state index in [0.717, 1.165) is 0 Å². The molecule has 0 fully saturated rings. The van der Waals surface area contributed by atoms with Crippen LogP contribution in [0.5, 0.6) is 0 Å². The lowest BCUT2D eigenvalue weighted by Crippen LogP contribution is -2.28. The zero-order valence-electron chi connectivity index (χ0n) is 13.9. The van der Waals surface area contributed by atoms with E-state index in [1.165, 1.54) is 24.8 Å². The number of nitrogens with one attached hydrogen (secondary N) is 1. The SMILES string of the molecule is C[C@@H](NC(=O)c1cnccn1)c1onc(-c2cccnc2)c1C(=O)O.Cl.Cl. The highest BCUT2D eigenvalue weighted by molar-refractivity contribution is 5.96. The maximum Gasteiger partial charge on any atom is 0.341 e. The number of hydrogen-bond donors (Lipinski definition) is 2. The first-order valence-corrected chi connectivity index (χ1v) is 7.28. The number of halogens is 2. The summed E-state index contributed by atoms with van der Waals surface area (Å²) in [5, 5.41) is 16.0. The Morgan fingerprint density at radius 1 is 1.15 bits per heavy atom. The molecule has 3 aromatic heterocycles. The van der Waals surface area contributed by atoms with Gasteiger partial charge in [0.25, 0.3) is 5.91 Å². The number of carboxylic acid groups (broad SMARTS) is 1. The molecular formula is C16H15Cl2N5O4. The molecule has 0 aromatic carbocycles. The van der Waals surface area contributed by atoms with Crippen molar-refractivity contribution in [1.82, 2.24) is 25.4 Å². The van der Waals surface area contributed by atoms with E-state index in [2.05, 4.69) is 25.4 Å². The molecule has 0 spiro atoms. The van der Waals surface area contributed by atoms with Crippen molar-refractivity contribution in [1.29, 1.82) is 0 Å². The molecule has 27 heavy (non-hydrogen) atoms. The van der Waals surface area contributed by atoms with Gasteiger partial charge in [-0.25, -0.2) is 9.78 Å². The molecule has 11 heteroatoms. The van der Waals surface area contributed by atoms with Gasteiger partial charge in [0.15, 0.2) is 5.76 Å². The fourth-order valence-corrected chi connectivity index (χ4v) is 2.26. The lowest BCUT2D eigenvalue weighted by Gasteiger charge is -2.11. The van der Waals surface area contributed by atoms with Crippen LogP contribution < -0.4 is 5.32 Å². The molecule has 0 saturated heterocycles. The Kier molecular flexibility index (Phi) is 7.82. The van der Waals surface area contributed by atoms with Crippen LogP contribution in [0.15, 0.2) is 47.6 Å². The standard InChI is InChI=1S/C16H13N5O4.2ClH/c1-9(20-15(22)11-8-18-5-6-19-11)14-12(16(23)24)13(21-25-14)10-3-2-4-17-7-10;;/h2-9H,1H3,(H,20,22)(H,23,24);2*1H/t9-;;/m1../s1. The van der Waals surface area contributed by atoms with Crippen LogP contribution in [0.3, 0.4) is 0 Å². The summed E-state index contributed by atoms with van der Waals surface area (Å²) in [5.74, 6) is -1.68. The van der Waals surface area contributed by atoms with Gasteiger partial charge in [-0.05, 0) is 19.1 Å². The second kappa shape index (κ2) is 9.60. The highest BCUT2D eigenvalue weighted by Crippen LogP contribution is 2.28. The summed E-state index contributed by atoms with van der Waals surface area (Å²) in [6.07, 6.45) is 7.18. The highest BCUT2D eigenvalue weighted by atomic mass is 35.5. The summed E-state index contributed by atoms with van der Waals surface area (Å²) in [6, 6.07) is 2.59. The summed E-state index contributed by atoms with van der Waals surface area (Å²) in [4.78, 5) is 35.5. The third-order valence-electron chi connectivity index (χ3n) is 3.40. The van der Waals surface area contributed by atoms with Crippen LogP contribution in [0.2, 0.25) is 0 Å². The lowest BCUT2D eigenvalue weighted by molar-refractivity contribution is 0.0692. The van der Waals surface area contributed by atoms with Gasteiger partial charge in [-0.3, -0.25) is 14.8 Å². The van der Waals surface area contributed by atoms with Gasteiger partial charge in [-0.1, -0.05) is 5.16 Å². The summed E-state index contributed by atoms with van der Waals surface area (Å²) in [5.41, 5.74) is 0.636. The van der Waals surface area contributed by atoms with E-state index in [4.69, 9.17) is 4.52 Å². The normalized spacial score (nSPS) is 10.9. The first-order chi connectivity index (χ1) is 12.1. The quantitative estimate of drug-likeness (QED) is 0.654. The van der Waals surface area contributed by atoms with Gasteiger partial charge in [0.05, 0.1) is 12.2 Å². The summed E-state index contributed by atoms with van der Waals surface area (Å²) < 4.78 is 5.20.